The SMILES string of the molecule is COC(=O)c1cn(Cc2ccc(C(F)(F)F)cc2)c(=O)cc1O. The third-order valence-corrected chi connectivity index (χ3v) is 3.14. The minimum atomic E-state index is -4.44. The van der Waals surface area contributed by atoms with Crippen molar-refractivity contribution in [1.82, 2.24) is 4.57 Å². The number of halogens is 3. The first kappa shape index (κ1) is 16.6. The van der Waals surface area contributed by atoms with Gasteiger partial charge in [0, 0.05) is 12.3 Å². The van der Waals surface area contributed by atoms with Crippen LogP contribution in [0.15, 0.2) is 41.3 Å². The van der Waals surface area contributed by atoms with Crippen LogP contribution in [0.1, 0.15) is 21.5 Å². The molecule has 23 heavy (non-hydrogen) atoms. The summed E-state index contributed by atoms with van der Waals surface area (Å²) in [6, 6.07) is 5.13. The van der Waals surface area contributed by atoms with Gasteiger partial charge in [0.15, 0.2) is 0 Å². The molecule has 122 valence electrons. The Hall–Kier alpha value is -2.77. The average Bonchev–Trinajstić information content (AvgIpc) is 2.49. The summed E-state index contributed by atoms with van der Waals surface area (Å²) in [5.74, 6) is -1.35. The van der Waals surface area contributed by atoms with Gasteiger partial charge in [-0.2, -0.15) is 13.2 Å². The first-order valence-corrected chi connectivity index (χ1v) is 6.40. The molecule has 0 aliphatic carbocycles. The van der Waals surface area contributed by atoms with Crippen LogP contribution in [0.4, 0.5) is 13.2 Å². The summed E-state index contributed by atoms with van der Waals surface area (Å²) >= 11 is 0. The molecule has 0 aliphatic heterocycles. The van der Waals surface area contributed by atoms with Crippen molar-refractivity contribution in [2.24, 2.45) is 0 Å². The normalized spacial score (nSPS) is 11.3. The molecule has 0 bridgehead atoms. The Morgan fingerprint density at radius 2 is 1.87 bits per heavy atom. The monoisotopic (exact) mass is 327 g/mol. The molecule has 1 heterocycles. The minimum Gasteiger partial charge on any atom is -0.507 e. The van der Waals surface area contributed by atoms with Crippen molar-refractivity contribution in [3.05, 3.63) is 63.6 Å². The summed E-state index contributed by atoms with van der Waals surface area (Å²) < 4.78 is 43.1. The minimum absolute atomic E-state index is 0.0543. The maximum atomic E-state index is 12.5. The molecule has 0 fully saturated rings. The van der Waals surface area contributed by atoms with Crippen LogP contribution < -0.4 is 5.56 Å². The number of esters is 1. The van der Waals surface area contributed by atoms with Gasteiger partial charge in [-0.05, 0) is 17.7 Å². The third kappa shape index (κ3) is 3.71. The van der Waals surface area contributed by atoms with Crippen molar-refractivity contribution in [3.8, 4) is 5.75 Å². The van der Waals surface area contributed by atoms with Crippen LogP contribution in [0.2, 0.25) is 0 Å². The van der Waals surface area contributed by atoms with Gasteiger partial charge in [0.25, 0.3) is 5.56 Å². The zero-order chi connectivity index (χ0) is 17.2. The number of aromatic hydroxyl groups is 1. The van der Waals surface area contributed by atoms with E-state index in [1.807, 2.05) is 0 Å². The van der Waals surface area contributed by atoms with E-state index in [2.05, 4.69) is 4.74 Å². The number of ether oxygens (including phenoxy) is 1. The van der Waals surface area contributed by atoms with Gasteiger partial charge in [0.1, 0.15) is 11.3 Å². The predicted octanol–water partition coefficient (Wildman–Crippen LogP) is 2.41. The van der Waals surface area contributed by atoms with Gasteiger partial charge in [0.2, 0.25) is 0 Å². The molecule has 0 aliphatic rings. The lowest BCUT2D eigenvalue weighted by molar-refractivity contribution is -0.137. The zero-order valence-corrected chi connectivity index (χ0v) is 11.9. The number of pyridine rings is 1. The van der Waals surface area contributed by atoms with Crippen LogP contribution in [0.5, 0.6) is 5.75 Å². The van der Waals surface area contributed by atoms with Crippen LogP contribution in [0.25, 0.3) is 0 Å². The fourth-order valence-electron chi connectivity index (χ4n) is 1.95. The van der Waals surface area contributed by atoms with Gasteiger partial charge < -0.3 is 14.4 Å². The van der Waals surface area contributed by atoms with E-state index in [4.69, 9.17) is 0 Å². The van der Waals surface area contributed by atoms with Gasteiger partial charge in [-0.1, -0.05) is 12.1 Å². The maximum absolute atomic E-state index is 12.5. The number of benzene rings is 1. The Morgan fingerprint density at radius 3 is 2.39 bits per heavy atom. The number of hydrogen-bond donors (Lipinski definition) is 1. The summed E-state index contributed by atoms with van der Waals surface area (Å²) in [6.45, 7) is -0.0543. The molecule has 0 saturated heterocycles. The first-order valence-electron chi connectivity index (χ1n) is 6.40. The lowest BCUT2D eigenvalue weighted by Gasteiger charge is -2.10. The van der Waals surface area contributed by atoms with Crippen LogP contribution in [0.3, 0.4) is 0 Å². The molecule has 0 atom stereocenters. The molecule has 0 unspecified atom stereocenters. The zero-order valence-electron chi connectivity index (χ0n) is 11.9. The molecule has 0 radical (unpaired) electrons. The van der Waals surface area contributed by atoms with E-state index in [1.165, 1.54) is 12.1 Å². The second kappa shape index (κ2) is 6.15. The molecule has 2 rings (SSSR count). The molecular formula is C15H12F3NO4. The average molecular weight is 327 g/mol. The standard InChI is InChI=1S/C15H12F3NO4/c1-23-14(22)11-8-19(13(21)6-12(11)20)7-9-2-4-10(5-3-9)15(16,17)18/h2-6,8,20H,7H2,1H3. The Labute approximate surface area is 128 Å². The lowest BCUT2D eigenvalue weighted by atomic mass is 10.1. The number of hydrogen-bond acceptors (Lipinski definition) is 4. The molecule has 1 N–H and O–H groups in total. The highest BCUT2D eigenvalue weighted by atomic mass is 19.4. The molecule has 0 saturated carbocycles. The fourth-order valence-corrected chi connectivity index (χ4v) is 1.95. The van der Waals surface area contributed by atoms with Crippen molar-refractivity contribution in [1.29, 1.82) is 0 Å². The van der Waals surface area contributed by atoms with Crippen LogP contribution in [0, 0.1) is 0 Å². The number of methoxy groups -OCH3 is 1. The summed E-state index contributed by atoms with van der Waals surface area (Å²) in [5.41, 5.74) is -1.18. The fraction of sp³-hybridized carbons (Fsp3) is 0.200. The summed E-state index contributed by atoms with van der Waals surface area (Å²) in [7, 11) is 1.12. The van der Waals surface area contributed by atoms with Crippen molar-refractivity contribution in [2.75, 3.05) is 7.11 Å². The third-order valence-electron chi connectivity index (χ3n) is 3.14. The highest BCUT2D eigenvalue weighted by Crippen LogP contribution is 2.29. The molecule has 0 amide bonds. The van der Waals surface area contributed by atoms with E-state index >= 15 is 0 Å². The van der Waals surface area contributed by atoms with Crippen molar-refractivity contribution < 1.29 is 27.8 Å². The summed E-state index contributed by atoms with van der Waals surface area (Å²) in [5, 5.41) is 9.57. The second-order valence-electron chi connectivity index (χ2n) is 4.72. The van der Waals surface area contributed by atoms with Crippen LogP contribution in [-0.2, 0) is 17.5 Å². The first-order chi connectivity index (χ1) is 10.7. The Bertz CT molecular complexity index is 779. The molecule has 0 spiro atoms. The highest BCUT2D eigenvalue weighted by Gasteiger charge is 2.29. The quantitative estimate of drug-likeness (QED) is 0.879. The van der Waals surface area contributed by atoms with Crippen molar-refractivity contribution in [3.63, 3.8) is 0 Å². The smallest absolute Gasteiger partial charge is 0.416 e. The topological polar surface area (TPSA) is 68.5 Å². The number of nitrogens with zero attached hydrogens (tertiary/aromatic N) is 1. The number of aromatic nitrogens is 1. The van der Waals surface area contributed by atoms with E-state index < -0.39 is 29.0 Å². The van der Waals surface area contributed by atoms with E-state index in [1.54, 1.807) is 0 Å². The molecule has 5 nitrogen and oxygen atoms in total. The van der Waals surface area contributed by atoms with E-state index in [9.17, 15) is 27.9 Å². The lowest BCUT2D eigenvalue weighted by Crippen LogP contribution is -2.21. The van der Waals surface area contributed by atoms with E-state index in [0.717, 1.165) is 36.1 Å². The van der Waals surface area contributed by atoms with Gasteiger partial charge in [-0.3, -0.25) is 4.79 Å². The van der Waals surface area contributed by atoms with Crippen molar-refractivity contribution >= 4 is 5.97 Å². The largest absolute Gasteiger partial charge is 0.507 e. The molecule has 2 aromatic rings. The molecule has 1 aromatic carbocycles. The molecular weight excluding hydrogens is 315 g/mol. The number of carbonyl (C=O) groups is 1. The van der Waals surface area contributed by atoms with Crippen LogP contribution >= 0.6 is 0 Å². The predicted molar refractivity (Wildman–Crippen MR) is 74.3 cm³/mol. The second-order valence-corrected chi connectivity index (χ2v) is 4.72. The number of carbonyl (C=O) groups excluding carboxylic acids is 1. The molecule has 8 heteroatoms. The number of rotatable bonds is 3. The van der Waals surface area contributed by atoms with Crippen LogP contribution in [-0.4, -0.2) is 22.8 Å². The van der Waals surface area contributed by atoms with Gasteiger partial charge in [-0.15, -0.1) is 0 Å². The Morgan fingerprint density at radius 1 is 1.26 bits per heavy atom. The van der Waals surface area contributed by atoms with E-state index in [-0.39, 0.29) is 12.1 Å². The maximum Gasteiger partial charge on any atom is 0.416 e. The highest BCUT2D eigenvalue weighted by molar-refractivity contribution is 5.91. The Balaban J connectivity index is 2.33. The number of alkyl halides is 3. The Kier molecular flexibility index (Phi) is 4.44. The van der Waals surface area contributed by atoms with Gasteiger partial charge >= 0.3 is 12.1 Å². The van der Waals surface area contributed by atoms with E-state index in [0.29, 0.717) is 5.56 Å². The van der Waals surface area contributed by atoms with Gasteiger partial charge in [0.05, 0.1) is 19.2 Å². The van der Waals surface area contributed by atoms with Crippen molar-refractivity contribution in [2.45, 2.75) is 12.7 Å². The summed E-state index contributed by atoms with van der Waals surface area (Å²) in [6.07, 6.45) is -3.34. The molecule has 1 aromatic heterocycles. The summed E-state index contributed by atoms with van der Waals surface area (Å²) in [4.78, 5) is 23.3. The van der Waals surface area contributed by atoms with Gasteiger partial charge in [-0.25, -0.2) is 4.79 Å².